The van der Waals surface area contributed by atoms with E-state index in [0.717, 1.165) is 22.9 Å². The van der Waals surface area contributed by atoms with Crippen LogP contribution in [0, 0.1) is 5.92 Å². The molecule has 1 saturated carbocycles. The molecule has 1 heterocycles. The van der Waals surface area contributed by atoms with Gasteiger partial charge in [0, 0.05) is 16.9 Å². The molecule has 1 aromatic rings. The van der Waals surface area contributed by atoms with Crippen LogP contribution in [0.5, 0.6) is 0 Å². The zero-order valence-electron chi connectivity index (χ0n) is 8.44. The van der Waals surface area contributed by atoms with Gasteiger partial charge in [0.15, 0.2) is 0 Å². The second-order valence-electron chi connectivity index (χ2n) is 3.74. The van der Waals surface area contributed by atoms with E-state index in [4.69, 9.17) is 4.74 Å². The molecular formula is C11H12BrNO2. The molecule has 0 spiro atoms. The van der Waals surface area contributed by atoms with Crippen LogP contribution in [0.3, 0.4) is 0 Å². The average molecular weight is 270 g/mol. The van der Waals surface area contributed by atoms with Crippen LogP contribution in [0.4, 0.5) is 0 Å². The van der Waals surface area contributed by atoms with E-state index in [0.29, 0.717) is 5.92 Å². The van der Waals surface area contributed by atoms with Gasteiger partial charge in [-0.15, -0.1) is 0 Å². The van der Waals surface area contributed by atoms with Gasteiger partial charge in [0.2, 0.25) is 0 Å². The predicted molar refractivity (Wildman–Crippen MR) is 59.4 cm³/mol. The molecule has 1 aromatic heterocycles. The fourth-order valence-electron chi connectivity index (χ4n) is 1.77. The Balaban J connectivity index is 2.32. The lowest BCUT2D eigenvalue weighted by atomic mass is 9.95. The Bertz CT molecular complexity index is 377. The van der Waals surface area contributed by atoms with E-state index in [1.807, 2.05) is 6.07 Å². The van der Waals surface area contributed by atoms with Crippen LogP contribution < -0.4 is 0 Å². The highest BCUT2D eigenvalue weighted by Gasteiger charge is 2.38. The van der Waals surface area contributed by atoms with E-state index >= 15 is 0 Å². The molecule has 80 valence electrons. The van der Waals surface area contributed by atoms with Crippen LogP contribution >= 0.6 is 15.9 Å². The molecule has 3 nitrogen and oxygen atoms in total. The first kappa shape index (κ1) is 10.6. The number of esters is 1. The molecule has 1 unspecified atom stereocenters. The van der Waals surface area contributed by atoms with Gasteiger partial charge in [-0.3, -0.25) is 9.78 Å². The van der Waals surface area contributed by atoms with E-state index in [9.17, 15) is 4.79 Å². The second kappa shape index (κ2) is 4.31. The molecule has 0 radical (unpaired) electrons. The summed E-state index contributed by atoms with van der Waals surface area (Å²) in [5.74, 6) is 0.160. The Morgan fingerprint density at radius 1 is 1.67 bits per heavy atom. The maximum atomic E-state index is 11.7. The van der Waals surface area contributed by atoms with E-state index < -0.39 is 0 Å². The number of nitrogens with zero attached hydrogens (tertiary/aromatic N) is 1. The zero-order chi connectivity index (χ0) is 10.8. The van der Waals surface area contributed by atoms with Gasteiger partial charge in [-0.1, -0.05) is 0 Å². The third-order valence-electron chi connectivity index (χ3n) is 2.69. The summed E-state index contributed by atoms with van der Waals surface area (Å²) in [6.45, 7) is 0. The maximum Gasteiger partial charge on any atom is 0.313 e. The minimum absolute atomic E-state index is 0.132. The lowest BCUT2D eigenvalue weighted by Gasteiger charge is -2.15. The van der Waals surface area contributed by atoms with Crippen molar-refractivity contribution in [3.05, 3.63) is 28.5 Å². The molecule has 0 aliphatic heterocycles. The number of hydrogen-bond donors (Lipinski definition) is 0. The topological polar surface area (TPSA) is 39.2 Å². The van der Waals surface area contributed by atoms with Gasteiger partial charge in [0.1, 0.15) is 0 Å². The fourth-order valence-corrected chi connectivity index (χ4v) is 2.27. The number of methoxy groups -OCH3 is 1. The zero-order valence-corrected chi connectivity index (χ0v) is 10.0. The highest BCUT2D eigenvalue weighted by molar-refractivity contribution is 9.10. The minimum Gasteiger partial charge on any atom is -0.469 e. The van der Waals surface area contributed by atoms with Crippen molar-refractivity contribution in [3.63, 3.8) is 0 Å². The van der Waals surface area contributed by atoms with Crippen LogP contribution in [0.25, 0.3) is 0 Å². The molecule has 4 heteroatoms. The summed E-state index contributed by atoms with van der Waals surface area (Å²) < 4.78 is 5.72. The number of ether oxygens (including phenoxy) is 1. The Hall–Kier alpha value is -0.900. The standard InChI is InChI=1S/C11H12BrNO2/c1-15-11(14)10(7-2-3-7)8-4-5-13-6-9(8)12/h4-7,10H,2-3H2,1H3. The lowest BCUT2D eigenvalue weighted by Crippen LogP contribution is -2.16. The summed E-state index contributed by atoms with van der Waals surface area (Å²) in [6, 6.07) is 1.88. The molecule has 0 saturated heterocycles. The monoisotopic (exact) mass is 269 g/mol. The molecule has 0 aromatic carbocycles. The highest BCUT2D eigenvalue weighted by Crippen LogP contribution is 2.44. The SMILES string of the molecule is COC(=O)C(c1ccncc1Br)C1CC1. The molecule has 1 atom stereocenters. The van der Waals surface area contributed by atoms with E-state index in [1.54, 1.807) is 12.4 Å². The van der Waals surface area contributed by atoms with Crippen molar-refractivity contribution in [2.45, 2.75) is 18.8 Å². The van der Waals surface area contributed by atoms with Crippen LogP contribution in [0.1, 0.15) is 24.3 Å². The Kier molecular flexibility index (Phi) is 3.05. The molecule has 15 heavy (non-hydrogen) atoms. The average Bonchev–Trinajstić information content (AvgIpc) is 3.05. The number of pyridine rings is 1. The summed E-state index contributed by atoms with van der Waals surface area (Å²) in [4.78, 5) is 15.7. The summed E-state index contributed by atoms with van der Waals surface area (Å²) >= 11 is 3.42. The third kappa shape index (κ3) is 2.20. The Labute approximate surface area is 97.0 Å². The quantitative estimate of drug-likeness (QED) is 0.792. The van der Waals surface area contributed by atoms with Crippen molar-refractivity contribution in [2.24, 2.45) is 5.92 Å². The Morgan fingerprint density at radius 3 is 2.93 bits per heavy atom. The largest absolute Gasteiger partial charge is 0.469 e. The van der Waals surface area contributed by atoms with Crippen LogP contribution in [0.2, 0.25) is 0 Å². The van der Waals surface area contributed by atoms with Crippen molar-refractivity contribution in [1.29, 1.82) is 0 Å². The molecule has 0 amide bonds. The molecular weight excluding hydrogens is 258 g/mol. The third-order valence-corrected chi connectivity index (χ3v) is 3.35. The van der Waals surface area contributed by atoms with Gasteiger partial charge >= 0.3 is 5.97 Å². The van der Waals surface area contributed by atoms with Gasteiger partial charge in [-0.2, -0.15) is 0 Å². The number of carbonyl (C=O) groups excluding carboxylic acids is 1. The molecule has 1 aliphatic rings. The normalized spacial score (nSPS) is 17.2. The lowest BCUT2D eigenvalue weighted by molar-refractivity contribution is -0.143. The molecule has 2 rings (SSSR count). The molecule has 0 N–H and O–H groups in total. The van der Waals surface area contributed by atoms with Crippen molar-refractivity contribution < 1.29 is 9.53 Å². The Morgan fingerprint density at radius 2 is 2.40 bits per heavy atom. The number of aromatic nitrogens is 1. The van der Waals surface area contributed by atoms with Gasteiger partial charge in [0.25, 0.3) is 0 Å². The first-order valence-corrected chi connectivity index (χ1v) is 5.70. The van der Waals surface area contributed by atoms with Crippen LogP contribution in [0.15, 0.2) is 22.9 Å². The highest BCUT2D eigenvalue weighted by atomic mass is 79.9. The number of rotatable bonds is 3. The molecule has 1 aliphatic carbocycles. The van der Waals surface area contributed by atoms with Crippen molar-refractivity contribution >= 4 is 21.9 Å². The predicted octanol–water partition coefficient (Wildman–Crippen LogP) is 2.51. The van der Waals surface area contributed by atoms with Gasteiger partial charge < -0.3 is 4.74 Å². The number of halogens is 1. The molecule has 0 bridgehead atoms. The van der Waals surface area contributed by atoms with E-state index in [-0.39, 0.29) is 11.9 Å². The minimum atomic E-state index is -0.149. The number of hydrogen-bond acceptors (Lipinski definition) is 3. The summed E-state index contributed by atoms with van der Waals surface area (Å²) in [6.07, 6.45) is 5.63. The van der Waals surface area contributed by atoms with Crippen molar-refractivity contribution in [3.8, 4) is 0 Å². The second-order valence-corrected chi connectivity index (χ2v) is 4.59. The first-order chi connectivity index (χ1) is 7.24. The first-order valence-electron chi connectivity index (χ1n) is 4.91. The van der Waals surface area contributed by atoms with Crippen molar-refractivity contribution in [1.82, 2.24) is 4.98 Å². The smallest absolute Gasteiger partial charge is 0.313 e. The fraction of sp³-hybridized carbons (Fsp3) is 0.455. The maximum absolute atomic E-state index is 11.7. The van der Waals surface area contributed by atoms with E-state index in [1.165, 1.54) is 7.11 Å². The molecule has 1 fully saturated rings. The summed E-state index contributed by atoms with van der Waals surface area (Å²) in [5.41, 5.74) is 0.986. The van der Waals surface area contributed by atoms with Gasteiger partial charge in [-0.25, -0.2) is 0 Å². The van der Waals surface area contributed by atoms with Crippen LogP contribution in [-0.2, 0) is 9.53 Å². The van der Waals surface area contributed by atoms with Crippen LogP contribution in [-0.4, -0.2) is 18.1 Å². The summed E-state index contributed by atoms with van der Waals surface area (Å²) in [7, 11) is 1.44. The number of carbonyl (C=O) groups is 1. The van der Waals surface area contributed by atoms with E-state index in [2.05, 4.69) is 20.9 Å². The van der Waals surface area contributed by atoms with Gasteiger partial charge in [-0.05, 0) is 46.3 Å². The summed E-state index contributed by atoms with van der Waals surface area (Å²) in [5, 5.41) is 0. The van der Waals surface area contributed by atoms with Gasteiger partial charge in [0.05, 0.1) is 13.0 Å². The van der Waals surface area contributed by atoms with Crippen molar-refractivity contribution in [2.75, 3.05) is 7.11 Å².